The van der Waals surface area contributed by atoms with Crippen LogP contribution >= 0.6 is 11.3 Å². The van der Waals surface area contributed by atoms with Crippen LogP contribution in [0.5, 0.6) is 0 Å². The van der Waals surface area contributed by atoms with E-state index in [2.05, 4.69) is 15.0 Å². The molecule has 106 valence electrons. The van der Waals surface area contributed by atoms with Crippen LogP contribution < -0.4 is 0 Å². The van der Waals surface area contributed by atoms with Gasteiger partial charge in [0.15, 0.2) is 0 Å². The quantitative estimate of drug-likeness (QED) is 0.888. The molecule has 0 radical (unpaired) electrons. The molecule has 2 aromatic heterocycles. The molecule has 2 rings (SSSR count). The van der Waals surface area contributed by atoms with Gasteiger partial charge in [-0.2, -0.15) is 0 Å². The first-order valence-corrected chi connectivity index (χ1v) is 7.07. The van der Waals surface area contributed by atoms with Gasteiger partial charge in [0.2, 0.25) is 5.91 Å². The number of amides is 1. The predicted octanol–water partition coefficient (Wildman–Crippen LogP) is 0.982. The van der Waals surface area contributed by atoms with Gasteiger partial charge in [-0.05, 0) is 6.92 Å². The van der Waals surface area contributed by atoms with Gasteiger partial charge in [0, 0.05) is 24.8 Å². The van der Waals surface area contributed by atoms with Crippen molar-refractivity contribution < 1.29 is 9.90 Å². The molecule has 0 fully saturated rings. The second-order valence-corrected chi connectivity index (χ2v) is 5.31. The predicted molar refractivity (Wildman–Crippen MR) is 76.2 cm³/mol. The van der Waals surface area contributed by atoms with Crippen LogP contribution in [0.3, 0.4) is 0 Å². The third-order valence-corrected chi connectivity index (χ3v) is 3.90. The number of carbonyl (C=O) groups excluding carboxylic acids is 1. The van der Waals surface area contributed by atoms with Gasteiger partial charge in [-0.3, -0.25) is 14.8 Å². The van der Waals surface area contributed by atoms with Crippen LogP contribution in [0.2, 0.25) is 0 Å². The molecule has 2 aromatic rings. The van der Waals surface area contributed by atoms with Gasteiger partial charge in [-0.1, -0.05) is 0 Å². The van der Waals surface area contributed by atoms with Crippen molar-refractivity contribution in [1.29, 1.82) is 0 Å². The molecule has 6 nitrogen and oxygen atoms in total. The van der Waals surface area contributed by atoms with Crippen molar-refractivity contribution in [2.75, 3.05) is 13.7 Å². The Kier molecular flexibility index (Phi) is 4.75. The molecule has 1 N–H and O–H groups in total. The Balaban J connectivity index is 2.05. The smallest absolute Gasteiger partial charge is 0.228 e. The first-order valence-electron chi connectivity index (χ1n) is 6.19. The average molecular weight is 292 g/mol. The molecule has 0 aromatic carbocycles. The number of carbonyl (C=O) groups is 1. The number of aliphatic hydroxyl groups is 1. The molecule has 7 heteroatoms. The lowest BCUT2D eigenvalue weighted by Gasteiger charge is -2.22. The zero-order valence-electron chi connectivity index (χ0n) is 11.4. The topological polar surface area (TPSA) is 79.2 Å². The Bertz CT molecular complexity index is 573. The summed E-state index contributed by atoms with van der Waals surface area (Å²) in [4.78, 5) is 26.1. The monoisotopic (exact) mass is 292 g/mol. The highest BCUT2D eigenvalue weighted by molar-refractivity contribution is 7.13. The van der Waals surface area contributed by atoms with Crippen LogP contribution in [-0.2, 0) is 11.2 Å². The highest BCUT2D eigenvalue weighted by Gasteiger charge is 2.17. The average Bonchev–Trinajstić information content (AvgIpc) is 2.95. The van der Waals surface area contributed by atoms with Crippen LogP contribution in [0.4, 0.5) is 0 Å². The van der Waals surface area contributed by atoms with Crippen molar-refractivity contribution in [3.63, 3.8) is 0 Å². The Morgan fingerprint density at radius 3 is 2.95 bits per heavy atom. The number of hydrogen-bond acceptors (Lipinski definition) is 6. The summed E-state index contributed by atoms with van der Waals surface area (Å²) in [5, 5.41) is 11.6. The second-order valence-electron chi connectivity index (χ2n) is 4.45. The van der Waals surface area contributed by atoms with Crippen molar-refractivity contribution in [3.05, 3.63) is 29.7 Å². The van der Waals surface area contributed by atoms with Crippen LogP contribution in [0.15, 0.2) is 24.0 Å². The summed E-state index contributed by atoms with van der Waals surface area (Å²) in [5.74, 6) is -0.0671. The molecule has 1 atom stereocenters. The van der Waals surface area contributed by atoms with Crippen LogP contribution in [-0.4, -0.2) is 50.6 Å². The fourth-order valence-electron chi connectivity index (χ4n) is 1.56. The van der Waals surface area contributed by atoms with E-state index >= 15 is 0 Å². The van der Waals surface area contributed by atoms with Gasteiger partial charge in [0.25, 0.3) is 0 Å². The van der Waals surface area contributed by atoms with Crippen molar-refractivity contribution in [1.82, 2.24) is 19.9 Å². The Morgan fingerprint density at radius 2 is 2.30 bits per heavy atom. The zero-order valence-corrected chi connectivity index (χ0v) is 12.2. The lowest BCUT2D eigenvalue weighted by molar-refractivity contribution is -0.131. The maximum atomic E-state index is 12.0. The van der Waals surface area contributed by atoms with Gasteiger partial charge in [0.05, 0.1) is 31.0 Å². The number of hydrogen-bond donors (Lipinski definition) is 1. The Hall–Kier alpha value is -1.86. The van der Waals surface area contributed by atoms with Gasteiger partial charge < -0.3 is 10.0 Å². The zero-order chi connectivity index (χ0) is 14.5. The van der Waals surface area contributed by atoms with E-state index in [0.717, 1.165) is 5.01 Å². The Labute approximate surface area is 121 Å². The van der Waals surface area contributed by atoms with E-state index in [0.29, 0.717) is 11.4 Å². The minimum Gasteiger partial charge on any atom is -0.394 e. The van der Waals surface area contributed by atoms with Gasteiger partial charge >= 0.3 is 0 Å². The van der Waals surface area contributed by atoms with E-state index in [-0.39, 0.29) is 25.0 Å². The minimum atomic E-state index is -0.194. The third-order valence-electron chi connectivity index (χ3n) is 2.99. The molecule has 0 spiro atoms. The summed E-state index contributed by atoms with van der Waals surface area (Å²) in [6, 6.07) is -0.194. The van der Waals surface area contributed by atoms with Crippen LogP contribution in [0, 0.1) is 0 Å². The van der Waals surface area contributed by atoms with Gasteiger partial charge in [-0.15, -0.1) is 11.3 Å². The molecular formula is C13H16N4O2S. The van der Waals surface area contributed by atoms with Gasteiger partial charge in [0.1, 0.15) is 10.7 Å². The molecule has 0 aliphatic heterocycles. The molecule has 1 unspecified atom stereocenters. The fourth-order valence-corrected chi connectivity index (χ4v) is 2.34. The van der Waals surface area contributed by atoms with E-state index < -0.39 is 0 Å². The molecule has 0 bridgehead atoms. The molecule has 0 aliphatic rings. The van der Waals surface area contributed by atoms with Gasteiger partial charge in [-0.25, -0.2) is 4.98 Å². The molecule has 0 saturated carbocycles. The third kappa shape index (κ3) is 3.37. The number of nitrogens with zero attached hydrogens (tertiary/aromatic N) is 4. The fraction of sp³-hybridized carbons (Fsp3) is 0.385. The molecule has 2 heterocycles. The maximum absolute atomic E-state index is 12.0. The van der Waals surface area contributed by atoms with Crippen molar-refractivity contribution in [2.45, 2.75) is 19.4 Å². The number of likely N-dealkylation sites (N-methyl/N-ethyl adjacent to an activating group) is 1. The standard InChI is InChI=1S/C13H16N4O2S/c1-9(7-18)17(2)12(19)5-10-8-20-13(16-10)11-6-14-3-4-15-11/h3-4,6,8-9,18H,5,7H2,1-2H3. The lowest BCUT2D eigenvalue weighted by atomic mass is 10.2. The summed E-state index contributed by atoms with van der Waals surface area (Å²) < 4.78 is 0. The number of rotatable bonds is 5. The highest BCUT2D eigenvalue weighted by Crippen LogP contribution is 2.21. The normalized spacial score (nSPS) is 12.2. The summed E-state index contributed by atoms with van der Waals surface area (Å²) in [6.07, 6.45) is 5.08. The van der Waals surface area contributed by atoms with E-state index in [1.54, 1.807) is 32.6 Å². The van der Waals surface area contributed by atoms with E-state index in [1.165, 1.54) is 16.2 Å². The number of aliphatic hydroxyl groups excluding tert-OH is 1. The van der Waals surface area contributed by atoms with E-state index in [4.69, 9.17) is 5.11 Å². The molecule has 0 saturated heterocycles. The second kappa shape index (κ2) is 6.53. The minimum absolute atomic E-state index is 0.0514. The Morgan fingerprint density at radius 1 is 1.50 bits per heavy atom. The molecule has 0 aliphatic carbocycles. The lowest BCUT2D eigenvalue weighted by Crippen LogP contribution is -2.38. The van der Waals surface area contributed by atoms with Crippen molar-refractivity contribution >= 4 is 17.2 Å². The highest BCUT2D eigenvalue weighted by atomic mass is 32.1. The summed E-state index contributed by atoms with van der Waals surface area (Å²) >= 11 is 1.44. The molecule has 1 amide bonds. The summed E-state index contributed by atoms with van der Waals surface area (Å²) in [7, 11) is 1.68. The summed E-state index contributed by atoms with van der Waals surface area (Å²) in [5.41, 5.74) is 1.41. The summed E-state index contributed by atoms with van der Waals surface area (Å²) in [6.45, 7) is 1.74. The number of thiazole rings is 1. The van der Waals surface area contributed by atoms with E-state index in [9.17, 15) is 4.79 Å². The molecular weight excluding hydrogens is 276 g/mol. The number of aromatic nitrogens is 3. The molecule has 20 heavy (non-hydrogen) atoms. The van der Waals surface area contributed by atoms with Crippen LogP contribution in [0.25, 0.3) is 10.7 Å². The largest absolute Gasteiger partial charge is 0.394 e. The maximum Gasteiger partial charge on any atom is 0.228 e. The van der Waals surface area contributed by atoms with Crippen LogP contribution in [0.1, 0.15) is 12.6 Å². The van der Waals surface area contributed by atoms with Crippen molar-refractivity contribution in [3.8, 4) is 10.7 Å². The first-order chi connectivity index (χ1) is 9.61. The first kappa shape index (κ1) is 14.5. The van der Waals surface area contributed by atoms with Crippen molar-refractivity contribution in [2.24, 2.45) is 0 Å². The SMILES string of the molecule is CC(CO)N(C)C(=O)Cc1csc(-c2cnccn2)n1. The van der Waals surface area contributed by atoms with E-state index in [1.807, 2.05) is 5.38 Å².